The van der Waals surface area contributed by atoms with E-state index in [2.05, 4.69) is 39.8 Å². The molecule has 118 valence electrons. The van der Waals surface area contributed by atoms with Gasteiger partial charge < -0.3 is 0 Å². The molecule has 0 radical (unpaired) electrons. The summed E-state index contributed by atoms with van der Waals surface area (Å²) in [6, 6.07) is 0. The summed E-state index contributed by atoms with van der Waals surface area (Å²) in [4.78, 5) is 0. The molecule has 0 nitrogen and oxygen atoms in total. The van der Waals surface area contributed by atoms with Crippen molar-refractivity contribution in [3.8, 4) is 0 Å². The zero-order valence-corrected chi connectivity index (χ0v) is 17.4. The van der Waals surface area contributed by atoms with Gasteiger partial charge in [0.05, 0.1) is 0 Å². The molecule has 1 aliphatic rings. The second-order valence-corrected chi connectivity index (χ2v) is 21.5. The van der Waals surface area contributed by atoms with Crippen molar-refractivity contribution in [3.63, 3.8) is 0 Å². The van der Waals surface area contributed by atoms with Crippen LogP contribution >= 0.6 is 0 Å². The molecular formula is C19H38Sn. The predicted octanol–water partition coefficient (Wildman–Crippen LogP) is 7.19. The van der Waals surface area contributed by atoms with Crippen molar-refractivity contribution in [1.82, 2.24) is 0 Å². The molecule has 1 aliphatic carbocycles. The van der Waals surface area contributed by atoms with Gasteiger partial charge in [0.15, 0.2) is 0 Å². The third kappa shape index (κ3) is 5.73. The van der Waals surface area contributed by atoms with E-state index in [9.17, 15) is 0 Å². The van der Waals surface area contributed by atoms with E-state index in [1.165, 1.54) is 51.4 Å². The van der Waals surface area contributed by atoms with Gasteiger partial charge in [-0.25, -0.2) is 0 Å². The number of unbranched alkanes of at least 4 members (excludes halogenated alkanes) is 3. The van der Waals surface area contributed by atoms with Crippen LogP contribution in [0.3, 0.4) is 0 Å². The monoisotopic (exact) mass is 386 g/mol. The van der Waals surface area contributed by atoms with Crippen molar-refractivity contribution >= 4 is 18.4 Å². The average Bonchev–Trinajstić information content (AvgIpc) is 2.47. The molecule has 0 saturated carbocycles. The summed E-state index contributed by atoms with van der Waals surface area (Å²) >= 11 is -1.96. The molecule has 0 aromatic heterocycles. The Bertz CT molecular complexity index is 247. The first kappa shape index (κ1) is 18.6. The second-order valence-electron chi connectivity index (χ2n) is 7.28. The summed E-state index contributed by atoms with van der Waals surface area (Å²) < 4.78 is 6.09. The molecule has 1 rings (SSSR count). The molecule has 0 amide bonds. The van der Waals surface area contributed by atoms with Crippen LogP contribution in [0.2, 0.25) is 17.2 Å². The minimum absolute atomic E-state index is 0.950. The Balaban J connectivity index is 2.86. The summed E-state index contributed by atoms with van der Waals surface area (Å²) in [6.07, 6.45) is 16.9. The van der Waals surface area contributed by atoms with Gasteiger partial charge >= 0.3 is 133 Å². The Kier molecular flexibility index (Phi) is 9.57. The normalized spacial score (nSPS) is 23.2. The zero-order valence-electron chi connectivity index (χ0n) is 14.6. The van der Waals surface area contributed by atoms with Gasteiger partial charge in [0, 0.05) is 0 Å². The predicted molar refractivity (Wildman–Crippen MR) is 96.2 cm³/mol. The maximum atomic E-state index is 2.69. The van der Waals surface area contributed by atoms with Crippen molar-refractivity contribution in [2.24, 2.45) is 5.92 Å². The Labute approximate surface area is 132 Å². The van der Waals surface area contributed by atoms with Crippen molar-refractivity contribution in [3.05, 3.63) is 12.2 Å². The Morgan fingerprint density at radius 2 is 1.40 bits per heavy atom. The van der Waals surface area contributed by atoms with E-state index in [0.29, 0.717) is 0 Å². The molecule has 0 bridgehead atoms. The first-order chi connectivity index (χ1) is 9.68. The Morgan fingerprint density at radius 3 is 1.80 bits per heavy atom. The maximum absolute atomic E-state index is 2.69. The third-order valence-electron chi connectivity index (χ3n) is 5.43. The molecule has 1 heteroatoms. The molecule has 0 aliphatic heterocycles. The van der Waals surface area contributed by atoms with E-state index in [1.54, 1.807) is 13.3 Å². The number of allylic oxidation sites excluding steroid dienone is 2. The molecule has 0 unspecified atom stereocenters. The van der Waals surface area contributed by atoms with Crippen LogP contribution in [-0.4, -0.2) is 18.4 Å². The van der Waals surface area contributed by atoms with E-state index in [-0.39, 0.29) is 0 Å². The van der Waals surface area contributed by atoms with E-state index < -0.39 is 18.4 Å². The van der Waals surface area contributed by atoms with Crippen LogP contribution in [0.15, 0.2) is 12.2 Å². The summed E-state index contributed by atoms with van der Waals surface area (Å²) in [5, 5.41) is 0. The van der Waals surface area contributed by atoms with Crippen LogP contribution in [0.4, 0.5) is 0 Å². The number of hydrogen-bond acceptors (Lipinski definition) is 0. The number of rotatable bonds is 10. The fraction of sp³-hybridized carbons (Fsp3) is 0.895. The fourth-order valence-corrected chi connectivity index (χ4v) is 22.6. The van der Waals surface area contributed by atoms with Gasteiger partial charge in [-0.15, -0.1) is 0 Å². The molecule has 0 N–H and O–H groups in total. The molecular weight excluding hydrogens is 347 g/mol. The molecule has 0 aromatic rings. The van der Waals surface area contributed by atoms with Crippen molar-refractivity contribution in [2.45, 2.75) is 96.3 Å². The van der Waals surface area contributed by atoms with Crippen LogP contribution in [-0.2, 0) is 0 Å². The molecule has 0 spiro atoms. The zero-order chi connectivity index (χ0) is 14.8. The molecule has 0 heterocycles. The third-order valence-corrected chi connectivity index (χ3v) is 22.7. The topological polar surface area (TPSA) is 0 Å². The van der Waals surface area contributed by atoms with Crippen molar-refractivity contribution in [2.75, 3.05) is 0 Å². The van der Waals surface area contributed by atoms with E-state index in [1.807, 2.05) is 0 Å². The van der Waals surface area contributed by atoms with Crippen LogP contribution < -0.4 is 0 Å². The molecule has 2 atom stereocenters. The van der Waals surface area contributed by atoms with E-state index >= 15 is 0 Å². The van der Waals surface area contributed by atoms with Crippen LogP contribution in [0.5, 0.6) is 0 Å². The van der Waals surface area contributed by atoms with Gasteiger partial charge in [0.2, 0.25) is 0 Å². The van der Waals surface area contributed by atoms with Crippen LogP contribution in [0.25, 0.3) is 0 Å². The van der Waals surface area contributed by atoms with Crippen LogP contribution in [0.1, 0.15) is 79.1 Å². The van der Waals surface area contributed by atoms with E-state index in [0.717, 1.165) is 9.85 Å². The first-order valence-corrected chi connectivity index (χ1v) is 17.0. The minimum atomic E-state index is -1.96. The first-order valence-electron chi connectivity index (χ1n) is 9.35. The van der Waals surface area contributed by atoms with Gasteiger partial charge in [-0.05, 0) is 0 Å². The summed E-state index contributed by atoms with van der Waals surface area (Å²) in [5.41, 5.74) is 0. The van der Waals surface area contributed by atoms with Gasteiger partial charge in [-0.2, -0.15) is 0 Å². The second kappa shape index (κ2) is 10.3. The van der Waals surface area contributed by atoms with Crippen LogP contribution in [0, 0.1) is 5.92 Å². The summed E-state index contributed by atoms with van der Waals surface area (Å²) in [7, 11) is 0. The van der Waals surface area contributed by atoms with Crippen molar-refractivity contribution < 1.29 is 0 Å². The standard InChI is InChI=1S/C7H11.3C4H9.Sn/c1-7-5-3-2-4-6-7;3*1-3-4-2;/h2-4,7H,5-6H2,1H3;3*1,3-4H2,2H3;. The Morgan fingerprint density at radius 1 is 0.900 bits per heavy atom. The molecule has 0 saturated heterocycles. The van der Waals surface area contributed by atoms with Gasteiger partial charge in [0.1, 0.15) is 0 Å². The number of hydrogen-bond donors (Lipinski definition) is 0. The van der Waals surface area contributed by atoms with Gasteiger partial charge in [-0.3, -0.25) is 0 Å². The molecule has 0 aromatic carbocycles. The molecule has 20 heavy (non-hydrogen) atoms. The van der Waals surface area contributed by atoms with Crippen molar-refractivity contribution in [1.29, 1.82) is 0 Å². The quantitative estimate of drug-likeness (QED) is 0.276. The summed E-state index contributed by atoms with van der Waals surface area (Å²) in [5.74, 6) is 0.950. The average molecular weight is 385 g/mol. The van der Waals surface area contributed by atoms with Gasteiger partial charge in [0.25, 0.3) is 0 Å². The SMILES string of the molecule is CCC[CH2][Sn]([CH2]CCC)([CH2]CCC)[C@H]1C=CC[C@@H](C)C1. The fourth-order valence-electron chi connectivity index (χ4n) is 4.06. The van der Waals surface area contributed by atoms with Gasteiger partial charge in [-0.1, -0.05) is 0 Å². The van der Waals surface area contributed by atoms with E-state index in [4.69, 9.17) is 0 Å². The summed E-state index contributed by atoms with van der Waals surface area (Å²) in [6.45, 7) is 9.63. The Hall–Kier alpha value is 0.539. The molecule has 0 fully saturated rings.